The third kappa shape index (κ3) is 1.88. The summed E-state index contributed by atoms with van der Waals surface area (Å²) in [5.74, 6) is -2.93. The Hall–Kier alpha value is -0.210. The van der Waals surface area contributed by atoms with Gasteiger partial charge in [-0.25, -0.2) is 8.78 Å². The van der Waals surface area contributed by atoms with Gasteiger partial charge in [0.1, 0.15) is 6.67 Å². The maximum Gasteiger partial charge on any atom is 0.252 e. The van der Waals surface area contributed by atoms with E-state index >= 15 is 0 Å². The van der Waals surface area contributed by atoms with Crippen molar-refractivity contribution in [3.8, 4) is 0 Å². The Kier molecular flexibility index (Phi) is 2.14. The van der Waals surface area contributed by atoms with Crippen LogP contribution in [0.2, 0.25) is 0 Å². The summed E-state index contributed by atoms with van der Waals surface area (Å²) in [7, 11) is 0. The first kappa shape index (κ1) is 8.79. The third-order valence-electron chi connectivity index (χ3n) is 1.52. The molecule has 0 fully saturated rings. The Morgan fingerprint density at radius 1 is 1.11 bits per heavy atom. The maximum atomic E-state index is 12.3. The van der Waals surface area contributed by atoms with Gasteiger partial charge in [-0.3, -0.25) is 4.39 Å². The Balaban J connectivity index is 4.14. The lowest BCUT2D eigenvalue weighted by Crippen LogP contribution is -2.35. The molecular weight excluding hydrogens is 129 g/mol. The van der Waals surface area contributed by atoms with Gasteiger partial charge in [0.15, 0.2) is 0 Å². The van der Waals surface area contributed by atoms with Crippen molar-refractivity contribution in [2.75, 3.05) is 6.67 Å². The van der Waals surface area contributed by atoms with Crippen molar-refractivity contribution >= 4 is 0 Å². The van der Waals surface area contributed by atoms with E-state index in [1.54, 1.807) is 0 Å². The summed E-state index contributed by atoms with van der Waals surface area (Å²) in [4.78, 5) is 0. The minimum atomic E-state index is -2.93. The van der Waals surface area contributed by atoms with Crippen molar-refractivity contribution in [1.82, 2.24) is 0 Å². The monoisotopic (exact) mass is 140 g/mol. The largest absolute Gasteiger partial charge is 0.252 e. The lowest BCUT2D eigenvalue weighted by atomic mass is 9.88. The number of alkyl halides is 3. The van der Waals surface area contributed by atoms with Gasteiger partial charge in [0.2, 0.25) is 0 Å². The molecule has 0 amide bonds. The van der Waals surface area contributed by atoms with Crippen molar-refractivity contribution in [3.05, 3.63) is 0 Å². The van der Waals surface area contributed by atoms with Crippen LogP contribution in [0.25, 0.3) is 0 Å². The zero-order chi connectivity index (χ0) is 7.71. The average molecular weight is 140 g/mol. The highest BCUT2D eigenvalue weighted by Gasteiger charge is 2.41. The van der Waals surface area contributed by atoms with E-state index in [0.29, 0.717) is 0 Å². The van der Waals surface area contributed by atoms with Crippen LogP contribution in [0.15, 0.2) is 0 Å². The van der Waals surface area contributed by atoms with Crippen molar-refractivity contribution < 1.29 is 13.2 Å². The molecule has 0 aliphatic carbocycles. The molecule has 0 rings (SSSR count). The van der Waals surface area contributed by atoms with Crippen LogP contribution in [0.4, 0.5) is 13.2 Å². The van der Waals surface area contributed by atoms with Crippen LogP contribution >= 0.6 is 0 Å². The average Bonchev–Trinajstić information content (AvgIpc) is 1.64. The zero-order valence-electron chi connectivity index (χ0n) is 5.84. The Morgan fingerprint density at radius 2 is 1.44 bits per heavy atom. The fraction of sp³-hybridized carbons (Fsp3) is 1.00. The van der Waals surface area contributed by atoms with Crippen LogP contribution < -0.4 is 0 Å². The molecule has 0 aromatic heterocycles. The van der Waals surface area contributed by atoms with Crippen molar-refractivity contribution in [3.63, 3.8) is 0 Å². The van der Waals surface area contributed by atoms with Gasteiger partial charge in [-0.2, -0.15) is 0 Å². The standard InChI is InChI=1S/C6H11F3/c1-5(2,4-7)6(3,8)9/h4H2,1-3H3. The van der Waals surface area contributed by atoms with E-state index in [-0.39, 0.29) is 0 Å². The molecule has 0 saturated carbocycles. The van der Waals surface area contributed by atoms with Gasteiger partial charge in [0.25, 0.3) is 5.92 Å². The first-order valence-electron chi connectivity index (χ1n) is 2.75. The smallest absolute Gasteiger partial charge is 0.250 e. The summed E-state index contributed by atoms with van der Waals surface area (Å²) in [6, 6.07) is 0. The first-order valence-corrected chi connectivity index (χ1v) is 2.75. The van der Waals surface area contributed by atoms with Gasteiger partial charge in [-0.15, -0.1) is 0 Å². The number of halogens is 3. The maximum absolute atomic E-state index is 12.3. The molecule has 0 spiro atoms. The number of hydrogen-bond acceptors (Lipinski definition) is 0. The Labute approximate surface area is 53.1 Å². The van der Waals surface area contributed by atoms with Gasteiger partial charge < -0.3 is 0 Å². The van der Waals surface area contributed by atoms with Crippen LogP contribution in [0, 0.1) is 5.41 Å². The van der Waals surface area contributed by atoms with Crippen LogP contribution in [0.5, 0.6) is 0 Å². The molecule has 0 nitrogen and oxygen atoms in total. The predicted octanol–water partition coefficient (Wildman–Crippen LogP) is 2.64. The van der Waals surface area contributed by atoms with E-state index in [9.17, 15) is 13.2 Å². The second-order valence-electron chi connectivity index (χ2n) is 2.91. The summed E-state index contributed by atoms with van der Waals surface area (Å²) >= 11 is 0. The van der Waals surface area contributed by atoms with E-state index < -0.39 is 18.0 Å². The van der Waals surface area contributed by atoms with Crippen LogP contribution in [-0.2, 0) is 0 Å². The lowest BCUT2D eigenvalue weighted by Gasteiger charge is -2.27. The van der Waals surface area contributed by atoms with Gasteiger partial charge in [0.05, 0.1) is 5.41 Å². The van der Waals surface area contributed by atoms with E-state index in [1.165, 1.54) is 13.8 Å². The molecule has 56 valence electrons. The second kappa shape index (κ2) is 2.20. The van der Waals surface area contributed by atoms with Gasteiger partial charge in [-0.1, -0.05) is 13.8 Å². The summed E-state index contributed by atoms with van der Waals surface area (Å²) in [6.45, 7) is 2.14. The molecule has 0 aliphatic heterocycles. The summed E-state index contributed by atoms with van der Waals surface area (Å²) in [5.41, 5.74) is -1.52. The Bertz CT molecular complexity index is 91.0. The highest BCUT2D eigenvalue weighted by molar-refractivity contribution is 4.80. The molecule has 0 atom stereocenters. The summed E-state index contributed by atoms with van der Waals surface area (Å²) in [6.07, 6.45) is 0. The van der Waals surface area contributed by atoms with E-state index in [0.717, 1.165) is 6.92 Å². The van der Waals surface area contributed by atoms with Gasteiger partial charge in [-0.05, 0) is 6.92 Å². The second-order valence-corrected chi connectivity index (χ2v) is 2.91. The molecule has 0 unspecified atom stereocenters. The van der Waals surface area contributed by atoms with Crippen LogP contribution in [0.1, 0.15) is 20.8 Å². The van der Waals surface area contributed by atoms with E-state index in [4.69, 9.17) is 0 Å². The molecule has 0 saturated heterocycles. The molecule has 0 aliphatic rings. The highest BCUT2D eigenvalue weighted by Crippen LogP contribution is 2.35. The molecule has 0 aromatic carbocycles. The zero-order valence-corrected chi connectivity index (χ0v) is 5.84. The van der Waals surface area contributed by atoms with Gasteiger partial charge >= 0.3 is 0 Å². The van der Waals surface area contributed by atoms with E-state index in [2.05, 4.69) is 0 Å². The van der Waals surface area contributed by atoms with Crippen molar-refractivity contribution in [2.24, 2.45) is 5.41 Å². The molecule has 0 bridgehead atoms. The first-order chi connectivity index (χ1) is 3.81. The topological polar surface area (TPSA) is 0 Å². The molecular formula is C6H11F3. The summed E-state index contributed by atoms with van der Waals surface area (Å²) in [5, 5.41) is 0. The third-order valence-corrected chi connectivity index (χ3v) is 1.52. The molecule has 3 heteroatoms. The van der Waals surface area contributed by atoms with Gasteiger partial charge in [0, 0.05) is 0 Å². The fourth-order valence-corrected chi connectivity index (χ4v) is 0.117. The van der Waals surface area contributed by atoms with E-state index in [1.807, 2.05) is 0 Å². The van der Waals surface area contributed by atoms with Crippen molar-refractivity contribution in [1.29, 1.82) is 0 Å². The molecule has 0 radical (unpaired) electrons. The normalized spacial score (nSPS) is 14.0. The van der Waals surface area contributed by atoms with Crippen LogP contribution in [-0.4, -0.2) is 12.6 Å². The minimum absolute atomic E-state index is 0.729. The molecule has 9 heavy (non-hydrogen) atoms. The highest BCUT2D eigenvalue weighted by atomic mass is 19.3. The predicted molar refractivity (Wildman–Crippen MR) is 30.4 cm³/mol. The SMILES string of the molecule is CC(F)(F)C(C)(C)CF. The number of hydrogen-bond donors (Lipinski definition) is 0. The quantitative estimate of drug-likeness (QED) is 0.553. The molecule has 0 N–H and O–H groups in total. The number of rotatable bonds is 2. The molecule has 0 aromatic rings. The minimum Gasteiger partial charge on any atom is -0.250 e. The molecule has 0 heterocycles. The summed E-state index contributed by atoms with van der Waals surface area (Å²) < 4.78 is 36.3. The lowest BCUT2D eigenvalue weighted by molar-refractivity contribution is -0.0973. The van der Waals surface area contributed by atoms with Crippen molar-refractivity contribution in [2.45, 2.75) is 26.7 Å². The Morgan fingerprint density at radius 3 is 1.44 bits per heavy atom. The van der Waals surface area contributed by atoms with Crippen LogP contribution in [0.3, 0.4) is 0 Å². The fourth-order valence-electron chi connectivity index (χ4n) is 0.117.